The Kier molecular flexibility index (Phi) is 6.49. The molecule has 110 valence electrons. The zero-order valence-corrected chi connectivity index (χ0v) is 11.9. The summed E-state index contributed by atoms with van der Waals surface area (Å²) in [6.45, 7) is 2.17. The van der Waals surface area contributed by atoms with Crippen molar-refractivity contribution < 1.29 is 9.53 Å². The molecule has 0 aliphatic rings. The third kappa shape index (κ3) is 5.24. The second-order valence-electron chi connectivity index (χ2n) is 4.07. The first kappa shape index (κ1) is 16.6. The lowest BCUT2D eigenvalue weighted by atomic mass is 10.2. The van der Waals surface area contributed by atoms with Crippen molar-refractivity contribution in [3.05, 3.63) is 35.5 Å². The Balaban J connectivity index is 2.65. The predicted octanol–water partition coefficient (Wildman–Crippen LogP) is 1.44. The summed E-state index contributed by atoms with van der Waals surface area (Å²) in [4.78, 5) is 10.7. The maximum Gasteiger partial charge on any atom is 0.216 e. The molecule has 0 saturated carbocycles. The number of hydrogen-bond donors (Lipinski definition) is 2. The molecule has 22 heavy (non-hydrogen) atoms. The molecule has 0 aliphatic carbocycles. The number of ether oxygens (including phenoxy) is 1. The number of hydrogen-bond acceptors (Lipinski definition) is 6. The van der Waals surface area contributed by atoms with Crippen LogP contribution in [0.15, 0.2) is 35.5 Å². The van der Waals surface area contributed by atoms with Gasteiger partial charge in [0.2, 0.25) is 5.91 Å². The zero-order chi connectivity index (χ0) is 16.4. The first-order valence-electron chi connectivity index (χ1n) is 6.29. The van der Waals surface area contributed by atoms with Gasteiger partial charge < -0.3 is 15.4 Å². The fourth-order valence-electron chi connectivity index (χ4n) is 1.46. The summed E-state index contributed by atoms with van der Waals surface area (Å²) in [6.07, 6.45) is 0. The lowest BCUT2D eigenvalue weighted by Crippen LogP contribution is -2.25. The average molecular weight is 295 g/mol. The molecule has 0 unspecified atom stereocenters. The van der Waals surface area contributed by atoms with Gasteiger partial charge in [0.1, 0.15) is 36.3 Å². The predicted molar refractivity (Wildman–Crippen MR) is 78.1 cm³/mol. The van der Waals surface area contributed by atoms with Crippen LogP contribution in [0.25, 0.3) is 0 Å². The highest BCUT2D eigenvalue weighted by Gasteiger charge is 2.06. The van der Waals surface area contributed by atoms with Crippen molar-refractivity contribution in [1.82, 2.24) is 5.32 Å². The molecule has 0 fully saturated rings. The molecular weight excluding hydrogens is 282 g/mol. The van der Waals surface area contributed by atoms with E-state index in [0.717, 1.165) is 0 Å². The maximum atomic E-state index is 10.7. The number of nitrogens with zero attached hydrogens (tertiary/aromatic N) is 3. The number of amides is 1. The topological polar surface area (TPSA) is 122 Å². The van der Waals surface area contributed by atoms with E-state index in [1.54, 1.807) is 42.5 Å². The lowest BCUT2D eigenvalue weighted by molar-refractivity contribution is -0.119. The number of nitrogens with one attached hydrogen (secondary N) is 2. The molecule has 0 saturated heterocycles. The summed E-state index contributed by atoms with van der Waals surface area (Å²) < 4.78 is 5.41. The molecule has 0 atom stereocenters. The normalized spacial score (nSPS) is 8.64. The molecule has 7 nitrogen and oxygen atoms in total. The van der Waals surface area contributed by atoms with Crippen LogP contribution in [0.3, 0.4) is 0 Å². The first-order valence-corrected chi connectivity index (χ1v) is 6.29. The standard InChI is InChI=1S/C15H13N5O2/c1-11(21)19-6-7-22-14-4-2-13(3-5-14)20-15(10-18)12(8-16)9-17/h2-5,20H,6-7H2,1H3,(H,19,21). The van der Waals surface area contributed by atoms with Crippen LogP contribution in [0.4, 0.5) is 5.69 Å². The highest BCUT2D eigenvalue weighted by atomic mass is 16.5. The minimum Gasteiger partial charge on any atom is -0.492 e. The van der Waals surface area contributed by atoms with Crippen LogP contribution >= 0.6 is 0 Å². The van der Waals surface area contributed by atoms with Crippen LogP contribution in [-0.2, 0) is 4.79 Å². The van der Waals surface area contributed by atoms with E-state index in [4.69, 9.17) is 20.5 Å². The minimum absolute atomic E-state index is 0.107. The Morgan fingerprint density at radius 3 is 2.27 bits per heavy atom. The van der Waals surface area contributed by atoms with Gasteiger partial charge in [0, 0.05) is 12.6 Å². The number of carbonyl (C=O) groups is 1. The molecule has 1 aromatic rings. The van der Waals surface area contributed by atoms with E-state index in [9.17, 15) is 4.79 Å². The Morgan fingerprint density at radius 2 is 1.77 bits per heavy atom. The quantitative estimate of drug-likeness (QED) is 0.605. The van der Waals surface area contributed by atoms with E-state index < -0.39 is 0 Å². The highest BCUT2D eigenvalue weighted by Crippen LogP contribution is 2.17. The summed E-state index contributed by atoms with van der Waals surface area (Å²) in [6, 6.07) is 11.7. The van der Waals surface area contributed by atoms with Gasteiger partial charge in [-0.15, -0.1) is 0 Å². The molecule has 7 heteroatoms. The van der Waals surface area contributed by atoms with E-state index >= 15 is 0 Å². The van der Waals surface area contributed by atoms with Crippen LogP contribution in [0.2, 0.25) is 0 Å². The average Bonchev–Trinajstić information content (AvgIpc) is 2.52. The largest absolute Gasteiger partial charge is 0.492 e. The molecular formula is C15H13N5O2. The molecule has 0 heterocycles. The van der Waals surface area contributed by atoms with Gasteiger partial charge in [-0.3, -0.25) is 4.79 Å². The van der Waals surface area contributed by atoms with E-state index in [1.165, 1.54) is 6.92 Å². The van der Waals surface area contributed by atoms with Gasteiger partial charge in [0.25, 0.3) is 0 Å². The van der Waals surface area contributed by atoms with Gasteiger partial charge in [0.05, 0.1) is 6.54 Å². The van der Waals surface area contributed by atoms with Gasteiger partial charge in [0.15, 0.2) is 5.57 Å². The molecule has 2 N–H and O–H groups in total. The summed E-state index contributed by atoms with van der Waals surface area (Å²) in [5.74, 6) is 0.476. The summed E-state index contributed by atoms with van der Waals surface area (Å²) >= 11 is 0. The molecule has 0 bridgehead atoms. The number of nitriles is 3. The smallest absolute Gasteiger partial charge is 0.216 e. The van der Waals surface area contributed by atoms with Crippen molar-refractivity contribution in [3.63, 3.8) is 0 Å². The third-order valence-electron chi connectivity index (χ3n) is 2.45. The highest BCUT2D eigenvalue weighted by molar-refractivity contribution is 5.72. The van der Waals surface area contributed by atoms with E-state index in [2.05, 4.69) is 10.6 Å². The van der Waals surface area contributed by atoms with Crippen molar-refractivity contribution in [2.24, 2.45) is 0 Å². The van der Waals surface area contributed by atoms with Crippen LogP contribution in [0, 0.1) is 34.0 Å². The number of anilines is 1. The van der Waals surface area contributed by atoms with Crippen molar-refractivity contribution in [2.75, 3.05) is 18.5 Å². The van der Waals surface area contributed by atoms with Gasteiger partial charge in [-0.1, -0.05) is 0 Å². The van der Waals surface area contributed by atoms with Crippen LogP contribution in [0.5, 0.6) is 5.75 Å². The fraction of sp³-hybridized carbons (Fsp3) is 0.200. The van der Waals surface area contributed by atoms with E-state index in [1.807, 2.05) is 0 Å². The second kappa shape index (κ2) is 8.63. The van der Waals surface area contributed by atoms with Crippen molar-refractivity contribution in [3.8, 4) is 24.0 Å². The van der Waals surface area contributed by atoms with Crippen molar-refractivity contribution in [1.29, 1.82) is 15.8 Å². The molecule has 1 rings (SSSR count). The third-order valence-corrected chi connectivity index (χ3v) is 2.45. The van der Waals surface area contributed by atoms with Gasteiger partial charge in [-0.25, -0.2) is 0 Å². The Hall–Kier alpha value is -3.50. The monoisotopic (exact) mass is 295 g/mol. The SMILES string of the molecule is CC(=O)NCCOc1ccc(NC(C#N)=C(C#N)C#N)cc1. The second-order valence-corrected chi connectivity index (χ2v) is 4.07. The molecule has 0 spiro atoms. The van der Waals surface area contributed by atoms with E-state index in [-0.39, 0.29) is 17.2 Å². The Labute approximate surface area is 128 Å². The number of allylic oxidation sites excluding steroid dienone is 2. The summed E-state index contributed by atoms with van der Waals surface area (Å²) in [7, 11) is 0. The summed E-state index contributed by atoms with van der Waals surface area (Å²) in [5, 5.41) is 31.7. The molecule has 0 aromatic heterocycles. The van der Waals surface area contributed by atoms with Gasteiger partial charge >= 0.3 is 0 Å². The first-order chi connectivity index (χ1) is 10.6. The zero-order valence-electron chi connectivity index (χ0n) is 11.9. The Bertz CT molecular complexity index is 671. The number of benzene rings is 1. The van der Waals surface area contributed by atoms with Crippen LogP contribution < -0.4 is 15.4 Å². The molecule has 1 aromatic carbocycles. The van der Waals surface area contributed by atoms with Crippen LogP contribution in [-0.4, -0.2) is 19.1 Å². The Morgan fingerprint density at radius 1 is 1.14 bits per heavy atom. The number of carbonyl (C=O) groups excluding carboxylic acids is 1. The van der Waals surface area contributed by atoms with Gasteiger partial charge in [-0.05, 0) is 24.3 Å². The fourth-order valence-corrected chi connectivity index (χ4v) is 1.46. The van der Waals surface area contributed by atoms with Crippen molar-refractivity contribution in [2.45, 2.75) is 6.92 Å². The minimum atomic E-state index is -0.280. The van der Waals surface area contributed by atoms with Crippen LogP contribution in [0.1, 0.15) is 6.92 Å². The molecule has 0 aliphatic heterocycles. The van der Waals surface area contributed by atoms with Gasteiger partial charge in [-0.2, -0.15) is 15.8 Å². The lowest BCUT2D eigenvalue weighted by Gasteiger charge is -2.08. The summed E-state index contributed by atoms with van der Waals surface area (Å²) in [5.41, 5.74) is 0.163. The van der Waals surface area contributed by atoms with Crippen molar-refractivity contribution >= 4 is 11.6 Å². The maximum absolute atomic E-state index is 10.7. The molecule has 0 radical (unpaired) electrons. The molecule has 1 amide bonds. The number of rotatable bonds is 6. The van der Waals surface area contributed by atoms with E-state index in [0.29, 0.717) is 24.6 Å².